The number of amides is 2. The Morgan fingerprint density at radius 2 is 1.74 bits per heavy atom. The average Bonchev–Trinajstić information content (AvgIpc) is 2.87. The predicted molar refractivity (Wildman–Crippen MR) is 127 cm³/mol. The van der Waals surface area contributed by atoms with E-state index in [0.29, 0.717) is 36.5 Å². The average molecular weight is 462 g/mol. The highest BCUT2D eigenvalue weighted by Crippen LogP contribution is 2.31. The second-order valence-corrected chi connectivity index (χ2v) is 8.46. The van der Waals surface area contributed by atoms with E-state index in [1.165, 1.54) is 12.1 Å². The lowest BCUT2D eigenvalue weighted by atomic mass is 9.89. The van der Waals surface area contributed by atoms with Crippen molar-refractivity contribution in [2.45, 2.75) is 32.2 Å². The summed E-state index contributed by atoms with van der Waals surface area (Å²) in [4.78, 5) is 32.6. The lowest BCUT2D eigenvalue weighted by molar-refractivity contribution is 0.0707. The molecule has 0 saturated carbocycles. The van der Waals surface area contributed by atoms with Crippen molar-refractivity contribution in [3.63, 3.8) is 0 Å². The van der Waals surface area contributed by atoms with Gasteiger partial charge in [-0.15, -0.1) is 0 Å². The fourth-order valence-electron chi connectivity index (χ4n) is 4.31. The molecule has 2 aromatic carbocycles. The van der Waals surface area contributed by atoms with Gasteiger partial charge in [0.15, 0.2) is 0 Å². The fraction of sp³-hybridized carbons (Fsp3) is 0.296. The van der Waals surface area contributed by atoms with Gasteiger partial charge in [-0.05, 0) is 61.7 Å². The molecule has 1 fully saturated rings. The molecule has 0 aliphatic carbocycles. The number of nitrogens with zero attached hydrogens (tertiary/aromatic N) is 2. The van der Waals surface area contributed by atoms with E-state index in [1.807, 2.05) is 36.1 Å². The first-order valence-electron chi connectivity index (χ1n) is 11.4. The number of carbonyl (C=O) groups excluding carboxylic acids is 2. The molecule has 34 heavy (non-hydrogen) atoms. The predicted octanol–water partition coefficient (Wildman–Crippen LogP) is 4.49. The first kappa shape index (κ1) is 23.4. The molecule has 1 N–H and O–H groups in total. The lowest BCUT2D eigenvalue weighted by Crippen LogP contribution is -2.38. The minimum atomic E-state index is -0.310. The Labute approximate surface area is 198 Å². The maximum absolute atomic E-state index is 13.1. The molecule has 1 aliphatic rings. The highest BCUT2D eigenvalue weighted by Gasteiger charge is 2.29. The number of carbonyl (C=O) groups is 2. The highest BCUT2D eigenvalue weighted by atomic mass is 19.1. The van der Waals surface area contributed by atoms with Gasteiger partial charge < -0.3 is 15.0 Å². The molecule has 2 amide bonds. The number of hydrogen-bond acceptors (Lipinski definition) is 4. The molecule has 1 aliphatic heterocycles. The summed E-state index contributed by atoms with van der Waals surface area (Å²) in [7, 11) is 1.56. The van der Waals surface area contributed by atoms with Gasteiger partial charge in [0.1, 0.15) is 11.6 Å². The number of halogens is 1. The van der Waals surface area contributed by atoms with E-state index in [2.05, 4.69) is 5.32 Å². The number of nitrogens with one attached hydrogen (secondary N) is 1. The molecule has 1 aromatic heterocycles. The van der Waals surface area contributed by atoms with Crippen LogP contribution in [0.25, 0.3) is 0 Å². The summed E-state index contributed by atoms with van der Waals surface area (Å²) in [5.41, 5.74) is 3.53. The molecule has 1 saturated heterocycles. The van der Waals surface area contributed by atoms with Gasteiger partial charge in [0.05, 0.1) is 23.9 Å². The number of piperidine rings is 1. The molecule has 0 atom stereocenters. The molecule has 0 unspecified atom stereocenters. The van der Waals surface area contributed by atoms with Crippen LogP contribution in [-0.2, 0) is 6.54 Å². The van der Waals surface area contributed by atoms with Crippen LogP contribution in [0.3, 0.4) is 0 Å². The third-order valence-corrected chi connectivity index (χ3v) is 6.18. The summed E-state index contributed by atoms with van der Waals surface area (Å²) in [6, 6.07) is 16.9. The summed E-state index contributed by atoms with van der Waals surface area (Å²) in [6.45, 7) is 3.37. The Morgan fingerprint density at radius 1 is 1.03 bits per heavy atom. The monoisotopic (exact) mass is 461 g/mol. The van der Waals surface area contributed by atoms with Crippen LogP contribution in [0.5, 0.6) is 5.75 Å². The number of aryl methyl sites for hydroxylation is 1. The van der Waals surface area contributed by atoms with Crippen LogP contribution in [0.15, 0.2) is 60.7 Å². The molecular formula is C27H28FN3O3. The van der Waals surface area contributed by atoms with Gasteiger partial charge in [0, 0.05) is 31.2 Å². The molecule has 7 heteroatoms. The molecule has 4 rings (SSSR count). The number of rotatable bonds is 6. The first-order chi connectivity index (χ1) is 16.5. The van der Waals surface area contributed by atoms with Crippen molar-refractivity contribution in [2.75, 3.05) is 20.2 Å². The van der Waals surface area contributed by atoms with Gasteiger partial charge in [0.25, 0.3) is 11.8 Å². The van der Waals surface area contributed by atoms with Gasteiger partial charge in [-0.3, -0.25) is 14.6 Å². The van der Waals surface area contributed by atoms with Crippen LogP contribution < -0.4 is 10.1 Å². The van der Waals surface area contributed by atoms with Gasteiger partial charge >= 0.3 is 0 Å². The van der Waals surface area contributed by atoms with E-state index >= 15 is 0 Å². The van der Waals surface area contributed by atoms with E-state index in [4.69, 9.17) is 9.72 Å². The minimum absolute atomic E-state index is 0.0506. The molecule has 0 spiro atoms. The Balaban J connectivity index is 1.44. The van der Waals surface area contributed by atoms with Gasteiger partial charge in [-0.1, -0.05) is 24.3 Å². The van der Waals surface area contributed by atoms with E-state index in [-0.39, 0.29) is 23.5 Å². The van der Waals surface area contributed by atoms with Crippen LogP contribution >= 0.6 is 0 Å². The van der Waals surface area contributed by atoms with Crippen LogP contribution in [-0.4, -0.2) is 41.9 Å². The molecular weight excluding hydrogens is 433 g/mol. The second-order valence-electron chi connectivity index (χ2n) is 8.46. The Morgan fingerprint density at radius 3 is 2.44 bits per heavy atom. The number of aromatic nitrogens is 1. The zero-order chi connectivity index (χ0) is 24.1. The third kappa shape index (κ3) is 5.25. The minimum Gasteiger partial charge on any atom is -0.496 e. The van der Waals surface area contributed by atoms with E-state index < -0.39 is 0 Å². The zero-order valence-electron chi connectivity index (χ0n) is 19.4. The maximum Gasteiger partial charge on any atom is 0.257 e. The summed E-state index contributed by atoms with van der Waals surface area (Å²) in [5.74, 6) is 0.0728. The maximum atomic E-state index is 13.1. The van der Waals surface area contributed by atoms with Crippen molar-refractivity contribution in [3.05, 3.63) is 94.6 Å². The quantitative estimate of drug-likeness (QED) is 0.587. The van der Waals surface area contributed by atoms with Crippen molar-refractivity contribution in [1.82, 2.24) is 15.2 Å². The van der Waals surface area contributed by atoms with Crippen molar-refractivity contribution < 1.29 is 18.7 Å². The summed E-state index contributed by atoms with van der Waals surface area (Å²) in [5, 5.41) is 2.92. The normalized spacial score (nSPS) is 14.0. The zero-order valence-corrected chi connectivity index (χ0v) is 19.4. The smallest absolute Gasteiger partial charge is 0.257 e. The summed E-state index contributed by atoms with van der Waals surface area (Å²) < 4.78 is 18.5. The van der Waals surface area contributed by atoms with Crippen LogP contribution in [0.1, 0.15) is 56.4 Å². The Hall–Kier alpha value is -3.74. The molecule has 2 heterocycles. The third-order valence-electron chi connectivity index (χ3n) is 6.18. The highest BCUT2D eigenvalue weighted by molar-refractivity contribution is 5.97. The van der Waals surface area contributed by atoms with Gasteiger partial charge in [-0.2, -0.15) is 0 Å². The molecule has 6 nitrogen and oxygen atoms in total. The van der Waals surface area contributed by atoms with E-state index in [9.17, 15) is 14.0 Å². The molecule has 3 aromatic rings. The van der Waals surface area contributed by atoms with Gasteiger partial charge in [0.2, 0.25) is 0 Å². The Kier molecular flexibility index (Phi) is 7.21. The number of pyridine rings is 1. The van der Waals surface area contributed by atoms with Crippen molar-refractivity contribution in [3.8, 4) is 5.75 Å². The van der Waals surface area contributed by atoms with Crippen LogP contribution in [0, 0.1) is 12.7 Å². The van der Waals surface area contributed by atoms with E-state index in [0.717, 1.165) is 29.8 Å². The number of para-hydroxylation sites is 1. The summed E-state index contributed by atoms with van der Waals surface area (Å²) >= 11 is 0. The SMILES string of the molecule is COc1ccccc1C(=O)N1CCC(c2nc(C)ccc2C(=O)NCc2ccc(F)cc2)CC1. The Bertz CT molecular complexity index is 1170. The standard InChI is InChI=1S/C27H28FN3O3/c1-18-7-12-23(26(32)29-17-19-8-10-21(28)11-9-19)25(30-18)20-13-15-31(16-14-20)27(33)22-5-3-4-6-24(22)34-2/h3-12,20H,13-17H2,1-2H3,(H,29,32). The number of ether oxygens (including phenoxy) is 1. The number of hydrogen-bond donors (Lipinski definition) is 1. The number of methoxy groups -OCH3 is 1. The van der Waals surface area contributed by atoms with Crippen molar-refractivity contribution >= 4 is 11.8 Å². The topological polar surface area (TPSA) is 71.5 Å². The van der Waals surface area contributed by atoms with Crippen molar-refractivity contribution in [1.29, 1.82) is 0 Å². The second kappa shape index (κ2) is 10.5. The first-order valence-corrected chi connectivity index (χ1v) is 11.4. The number of benzene rings is 2. The summed E-state index contributed by atoms with van der Waals surface area (Å²) in [6.07, 6.45) is 1.44. The van der Waals surface area contributed by atoms with Gasteiger partial charge in [-0.25, -0.2) is 4.39 Å². The van der Waals surface area contributed by atoms with Crippen molar-refractivity contribution in [2.24, 2.45) is 0 Å². The number of likely N-dealkylation sites (tertiary alicyclic amines) is 1. The lowest BCUT2D eigenvalue weighted by Gasteiger charge is -2.32. The van der Waals surface area contributed by atoms with Crippen LogP contribution in [0.2, 0.25) is 0 Å². The van der Waals surface area contributed by atoms with E-state index in [1.54, 1.807) is 31.4 Å². The van der Waals surface area contributed by atoms with Crippen LogP contribution in [0.4, 0.5) is 4.39 Å². The molecule has 0 radical (unpaired) electrons. The largest absolute Gasteiger partial charge is 0.496 e. The fourth-order valence-corrected chi connectivity index (χ4v) is 4.31. The molecule has 0 bridgehead atoms. The molecule has 176 valence electrons.